The molecule has 0 saturated carbocycles. The van der Waals surface area contributed by atoms with Gasteiger partial charge in [-0.05, 0) is 11.6 Å². The fourth-order valence-corrected chi connectivity index (χ4v) is 1.82. The highest BCUT2D eigenvalue weighted by molar-refractivity contribution is 8.10. The predicted octanol–water partition coefficient (Wildman–Crippen LogP) is 3.45. The second-order valence-electron chi connectivity index (χ2n) is 2.64. The summed E-state index contributed by atoms with van der Waals surface area (Å²) < 4.78 is 109. The summed E-state index contributed by atoms with van der Waals surface area (Å²) in [5, 5.41) is -11.1. The van der Waals surface area contributed by atoms with Crippen LogP contribution in [0.3, 0.4) is 0 Å². The maximum absolute atomic E-state index is 13.0. The lowest BCUT2D eigenvalue weighted by atomic mass is 10.2. The molecule has 0 aliphatic carbocycles. The minimum absolute atomic E-state index is 2.72. The first-order chi connectivity index (χ1) is 7.46. The maximum atomic E-state index is 13.0. The first-order valence-corrected chi connectivity index (χ1v) is 6.30. The van der Waals surface area contributed by atoms with E-state index < -0.39 is 31.9 Å². The first kappa shape index (κ1) is 18.3. The van der Waals surface area contributed by atoms with Gasteiger partial charge in [0, 0.05) is 10.7 Å². The first-order valence-electron chi connectivity index (χ1n) is 3.31. The van der Waals surface area contributed by atoms with E-state index in [1.54, 1.807) is 0 Å². The van der Waals surface area contributed by atoms with Gasteiger partial charge in [-0.1, -0.05) is 11.6 Å². The zero-order valence-corrected chi connectivity index (χ0v) is 10.5. The Morgan fingerprint density at radius 2 is 1.22 bits per heavy atom. The molecule has 0 rings (SSSR count). The monoisotopic (exact) mass is 366 g/mol. The summed E-state index contributed by atoms with van der Waals surface area (Å²) in [6.45, 7) is 0. The van der Waals surface area contributed by atoms with E-state index in [-0.39, 0.29) is 0 Å². The van der Waals surface area contributed by atoms with Gasteiger partial charge in [0.1, 0.15) is 0 Å². The van der Waals surface area contributed by atoms with Gasteiger partial charge in [0.05, 0.1) is 0 Å². The van der Waals surface area contributed by atoms with Crippen molar-refractivity contribution in [1.29, 1.82) is 0 Å². The van der Waals surface area contributed by atoms with Crippen LogP contribution in [0.15, 0.2) is 0 Å². The molecule has 0 aliphatic heterocycles. The molecule has 0 saturated heterocycles. The van der Waals surface area contributed by atoms with Crippen LogP contribution in [0, 0.1) is 0 Å². The Morgan fingerprint density at radius 1 is 0.889 bits per heavy atom. The van der Waals surface area contributed by atoms with Crippen molar-refractivity contribution in [2.75, 3.05) is 0 Å². The van der Waals surface area contributed by atoms with Crippen LogP contribution in [0.4, 0.5) is 30.7 Å². The van der Waals surface area contributed by atoms with Crippen LogP contribution >= 0.6 is 33.9 Å². The van der Waals surface area contributed by atoms with E-state index in [0.29, 0.717) is 0 Å². The van der Waals surface area contributed by atoms with E-state index in [4.69, 9.17) is 0 Å². The Bertz CT molecular complexity index is 416. The molecule has 0 fully saturated rings. The van der Waals surface area contributed by atoms with Crippen LogP contribution < -0.4 is 0 Å². The van der Waals surface area contributed by atoms with Gasteiger partial charge < -0.3 is 0 Å². The molecule has 0 bridgehead atoms. The van der Waals surface area contributed by atoms with E-state index >= 15 is 0 Å². The number of rotatable bonds is 4. The van der Waals surface area contributed by atoms with E-state index in [9.17, 15) is 39.2 Å². The molecule has 2 unspecified atom stereocenters. The number of hydrogen-bond donors (Lipinski definition) is 0. The van der Waals surface area contributed by atoms with Crippen molar-refractivity contribution < 1.29 is 43.3 Å². The van der Waals surface area contributed by atoms with Crippen LogP contribution in [-0.4, -0.2) is 31.0 Å². The zero-order valence-electron chi connectivity index (χ0n) is 7.41. The molecular formula is C4Cl3F7O3S. The SMILES string of the molecule is O=S(=O)(Cl)OC(F)(Cl)C(F)(Cl)C(F)(F)C(F)(F)F. The normalized spacial score (nSPS) is 21.2. The number of halogens is 10. The topological polar surface area (TPSA) is 43.4 Å². The quantitative estimate of drug-likeness (QED) is 0.434. The summed E-state index contributed by atoms with van der Waals surface area (Å²) >= 11 is 8.18. The third kappa shape index (κ3) is 3.44. The van der Waals surface area contributed by atoms with Crippen molar-refractivity contribution in [1.82, 2.24) is 0 Å². The van der Waals surface area contributed by atoms with Crippen molar-refractivity contribution in [3.05, 3.63) is 0 Å². The molecule has 0 spiro atoms. The summed E-state index contributed by atoms with van der Waals surface area (Å²) in [7, 11) is -1.37. The number of hydrogen-bond acceptors (Lipinski definition) is 3. The minimum Gasteiger partial charge on any atom is -0.211 e. The van der Waals surface area contributed by atoms with E-state index in [0.717, 1.165) is 0 Å². The highest BCUT2D eigenvalue weighted by Gasteiger charge is 2.80. The lowest BCUT2D eigenvalue weighted by Gasteiger charge is -2.34. The molecule has 14 heteroatoms. The van der Waals surface area contributed by atoms with Gasteiger partial charge in [-0.2, -0.15) is 38.9 Å². The fourth-order valence-electron chi connectivity index (χ4n) is 0.538. The summed E-state index contributed by atoms with van der Waals surface area (Å²) in [6.07, 6.45) is -6.67. The average molecular weight is 367 g/mol. The van der Waals surface area contributed by atoms with E-state index in [1.807, 2.05) is 0 Å². The molecule has 110 valence electrons. The van der Waals surface area contributed by atoms with E-state index in [1.165, 1.54) is 0 Å². The molecule has 2 atom stereocenters. The minimum atomic E-state index is -6.67. The summed E-state index contributed by atoms with van der Waals surface area (Å²) in [6, 6.07) is 0. The highest BCUT2D eigenvalue weighted by Crippen LogP contribution is 2.56. The zero-order chi connectivity index (χ0) is 15.2. The van der Waals surface area contributed by atoms with Gasteiger partial charge in [-0.3, -0.25) is 0 Å². The standard InChI is InChI=1S/C4Cl3F7O3S/c5-1(8,2(9,10)4(12,13)14)3(6,11)17-18(7,15)16. The molecule has 18 heavy (non-hydrogen) atoms. The average Bonchev–Trinajstić information content (AvgIpc) is 1.95. The second kappa shape index (κ2) is 4.69. The van der Waals surface area contributed by atoms with E-state index in [2.05, 4.69) is 38.1 Å². The highest BCUT2D eigenvalue weighted by atomic mass is 35.7. The second-order valence-corrected chi connectivity index (χ2v) is 5.73. The molecule has 0 amide bonds. The van der Waals surface area contributed by atoms with Crippen molar-refractivity contribution in [3.8, 4) is 0 Å². The molecule has 0 aromatic carbocycles. The third-order valence-electron chi connectivity index (χ3n) is 1.32. The van der Waals surface area contributed by atoms with Crippen molar-refractivity contribution in [3.63, 3.8) is 0 Å². The van der Waals surface area contributed by atoms with Crippen LogP contribution in [0.5, 0.6) is 0 Å². The molecule has 0 heterocycles. The van der Waals surface area contributed by atoms with Crippen LogP contribution in [-0.2, 0) is 13.5 Å². The third-order valence-corrected chi connectivity index (χ3v) is 2.94. The van der Waals surface area contributed by atoms with Gasteiger partial charge in [0.15, 0.2) is 0 Å². The van der Waals surface area contributed by atoms with Crippen molar-refractivity contribution in [2.24, 2.45) is 0 Å². The van der Waals surface area contributed by atoms with Gasteiger partial charge in [-0.15, -0.1) is 0 Å². The summed E-state index contributed by atoms with van der Waals surface area (Å²) in [5.41, 5.74) is 0. The molecule has 3 nitrogen and oxygen atoms in total. The lowest BCUT2D eigenvalue weighted by Crippen LogP contribution is -2.60. The Balaban J connectivity index is 5.64. The van der Waals surface area contributed by atoms with Crippen molar-refractivity contribution in [2.45, 2.75) is 22.5 Å². The molecule has 0 aliphatic rings. The van der Waals surface area contributed by atoms with Gasteiger partial charge >= 0.3 is 31.9 Å². The molecular weight excluding hydrogens is 367 g/mol. The Kier molecular flexibility index (Phi) is 4.76. The molecule has 0 aromatic heterocycles. The molecule has 0 aromatic rings. The largest absolute Gasteiger partial charge is 0.458 e. The van der Waals surface area contributed by atoms with Crippen LogP contribution in [0.25, 0.3) is 0 Å². The van der Waals surface area contributed by atoms with Gasteiger partial charge in [-0.25, -0.2) is 4.39 Å². The fraction of sp³-hybridized carbons (Fsp3) is 1.00. The van der Waals surface area contributed by atoms with Gasteiger partial charge in [0.25, 0.3) is 0 Å². The summed E-state index contributed by atoms with van der Waals surface area (Å²) in [4.78, 5) is 0. The van der Waals surface area contributed by atoms with Gasteiger partial charge in [0.2, 0.25) is 0 Å². The number of alkyl halides is 9. The van der Waals surface area contributed by atoms with Crippen LogP contribution in [0.1, 0.15) is 0 Å². The Labute approximate surface area is 109 Å². The predicted molar refractivity (Wildman–Crippen MR) is 46.2 cm³/mol. The maximum Gasteiger partial charge on any atom is 0.458 e. The summed E-state index contributed by atoms with van der Waals surface area (Å²) in [5.74, 6) is -6.57. The molecule has 0 radical (unpaired) electrons. The Morgan fingerprint density at radius 3 is 1.44 bits per heavy atom. The molecule has 0 N–H and O–H groups in total. The van der Waals surface area contributed by atoms with Crippen molar-refractivity contribution >= 4 is 43.2 Å². The lowest BCUT2D eigenvalue weighted by molar-refractivity contribution is -0.333. The Hall–Kier alpha value is 0.290. The smallest absolute Gasteiger partial charge is 0.211 e. The van der Waals surface area contributed by atoms with Crippen LogP contribution in [0.2, 0.25) is 0 Å².